The predicted octanol–water partition coefficient (Wildman–Crippen LogP) is 2.80. The van der Waals surface area contributed by atoms with Crippen LogP contribution in [0.4, 0.5) is 19.0 Å². The first kappa shape index (κ1) is 20.0. The minimum absolute atomic E-state index is 0.0577. The lowest BCUT2D eigenvalue weighted by Gasteiger charge is -2.32. The average molecular weight is 419 g/mol. The molecule has 2 aromatic heterocycles. The Morgan fingerprint density at radius 1 is 1.13 bits per heavy atom. The van der Waals surface area contributed by atoms with Gasteiger partial charge in [-0.15, -0.1) is 0 Å². The van der Waals surface area contributed by atoms with Gasteiger partial charge in [-0.1, -0.05) is 6.07 Å². The van der Waals surface area contributed by atoms with E-state index in [9.17, 15) is 22.8 Å². The molecule has 0 atom stereocenters. The number of piperidine rings is 1. The average Bonchev–Trinajstić information content (AvgIpc) is 3.11. The van der Waals surface area contributed by atoms with E-state index in [0.29, 0.717) is 49.3 Å². The fraction of sp³-hybridized carbons (Fsp3) is 0.350. The molecular formula is C20H20F3N5O2. The van der Waals surface area contributed by atoms with Crippen LogP contribution < -0.4 is 15.9 Å². The van der Waals surface area contributed by atoms with E-state index in [2.05, 4.69) is 20.3 Å². The van der Waals surface area contributed by atoms with Gasteiger partial charge in [0, 0.05) is 31.7 Å². The van der Waals surface area contributed by atoms with Crippen molar-refractivity contribution in [3.05, 3.63) is 58.1 Å². The molecule has 3 heterocycles. The number of alkyl halides is 3. The summed E-state index contributed by atoms with van der Waals surface area (Å²) in [5, 5.41) is 2.92. The molecule has 30 heavy (non-hydrogen) atoms. The predicted molar refractivity (Wildman–Crippen MR) is 105 cm³/mol. The zero-order valence-corrected chi connectivity index (χ0v) is 15.9. The van der Waals surface area contributed by atoms with Gasteiger partial charge < -0.3 is 20.2 Å². The summed E-state index contributed by atoms with van der Waals surface area (Å²) in [7, 11) is 0. The first-order valence-electron chi connectivity index (χ1n) is 9.56. The Balaban J connectivity index is 1.30. The number of hydrogen-bond donors (Lipinski definition) is 3. The van der Waals surface area contributed by atoms with Crippen molar-refractivity contribution in [2.24, 2.45) is 5.92 Å². The molecule has 3 aromatic rings. The van der Waals surface area contributed by atoms with Crippen molar-refractivity contribution in [2.75, 3.05) is 18.0 Å². The van der Waals surface area contributed by atoms with E-state index >= 15 is 0 Å². The molecule has 7 nitrogen and oxygen atoms in total. The van der Waals surface area contributed by atoms with Crippen LogP contribution in [0.1, 0.15) is 24.0 Å². The molecule has 0 aliphatic carbocycles. The number of pyridine rings is 1. The first-order valence-corrected chi connectivity index (χ1v) is 9.56. The summed E-state index contributed by atoms with van der Waals surface area (Å²) in [4.78, 5) is 35.0. The molecule has 0 unspecified atom stereocenters. The highest BCUT2D eigenvalue weighted by Gasteiger charge is 2.31. The van der Waals surface area contributed by atoms with E-state index in [4.69, 9.17) is 0 Å². The minimum Gasteiger partial charge on any atom is -0.357 e. The SMILES string of the molecule is O=C(NCc1ccc2[nH]c(=O)[nH]c2c1)C1CCN(c2ccc(C(F)(F)F)cn2)CC1. The molecule has 4 rings (SSSR count). The van der Waals surface area contributed by atoms with Gasteiger partial charge in [-0.2, -0.15) is 13.2 Å². The Morgan fingerprint density at radius 2 is 1.87 bits per heavy atom. The summed E-state index contributed by atoms with van der Waals surface area (Å²) in [6, 6.07) is 7.82. The number of nitrogens with one attached hydrogen (secondary N) is 3. The highest BCUT2D eigenvalue weighted by Crippen LogP contribution is 2.30. The molecular weight excluding hydrogens is 399 g/mol. The Bertz CT molecular complexity index is 1100. The standard InChI is InChI=1S/C20H20F3N5O2/c21-20(22,23)14-2-4-17(24-11-14)28-7-5-13(6-8-28)18(29)25-10-12-1-3-15-16(9-12)27-19(30)26-15/h1-4,9,11,13H,5-8,10H2,(H,25,29)(H2,26,27,30). The maximum absolute atomic E-state index is 12.7. The monoisotopic (exact) mass is 419 g/mol. The molecule has 1 aliphatic rings. The van der Waals surface area contributed by atoms with Crippen LogP contribution >= 0.6 is 0 Å². The number of rotatable bonds is 4. The van der Waals surface area contributed by atoms with Crippen LogP contribution in [0.5, 0.6) is 0 Å². The number of benzene rings is 1. The van der Waals surface area contributed by atoms with Crippen molar-refractivity contribution >= 4 is 22.8 Å². The van der Waals surface area contributed by atoms with Gasteiger partial charge in [0.15, 0.2) is 0 Å². The summed E-state index contributed by atoms with van der Waals surface area (Å²) >= 11 is 0. The smallest absolute Gasteiger partial charge is 0.357 e. The topological polar surface area (TPSA) is 93.9 Å². The number of anilines is 1. The molecule has 158 valence electrons. The number of aromatic amines is 2. The van der Waals surface area contributed by atoms with Gasteiger partial charge in [0.2, 0.25) is 5.91 Å². The van der Waals surface area contributed by atoms with Gasteiger partial charge in [0.1, 0.15) is 5.82 Å². The van der Waals surface area contributed by atoms with Crippen LogP contribution in [0.25, 0.3) is 11.0 Å². The molecule has 0 bridgehead atoms. The van der Waals surface area contributed by atoms with E-state index in [1.54, 1.807) is 6.07 Å². The molecule has 1 amide bonds. The maximum Gasteiger partial charge on any atom is 0.417 e. The second-order valence-electron chi connectivity index (χ2n) is 7.34. The van der Waals surface area contributed by atoms with Gasteiger partial charge in [0.25, 0.3) is 0 Å². The fourth-order valence-corrected chi connectivity index (χ4v) is 3.63. The van der Waals surface area contributed by atoms with Gasteiger partial charge in [0.05, 0.1) is 16.6 Å². The number of nitrogens with zero attached hydrogens (tertiary/aromatic N) is 2. The van der Waals surface area contributed by atoms with Gasteiger partial charge in [-0.05, 0) is 42.7 Å². The van der Waals surface area contributed by atoms with Crippen molar-refractivity contribution in [3.8, 4) is 0 Å². The number of hydrogen-bond acceptors (Lipinski definition) is 4. The number of halogens is 3. The number of H-pyrrole nitrogens is 2. The molecule has 1 aromatic carbocycles. The zero-order valence-electron chi connectivity index (χ0n) is 15.9. The van der Waals surface area contributed by atoms with Gasteiger partial charge >= 0.3 is 11.9 Å². The second kappa shape index (κ2) is 7.85. The van der Waals surface area contributed by atoms with Crippen molar-refractivity contribution in [1.82, 2.24) is 20.3 Å². The summed E-state index contributed by atoms with van der Waals surface area (Å²) < 4.78 is 38.0. The first-order chi connectivity index (χ1) is 14.3. The van der Waals surface area contributed by atoms with Crippen LogP contribution in [0, 0.1) is 5.92 Å². The maximum atomic E-state index is 12.7. The van der Waals surface area contributed by atoms with Crippen molar-refractivity contribution in [1.29, 1.82) is 0 Å². The zero-order chi connectivity index (χ0) is 21.3. The third-order valence-electron chi connectivity index (χ3n) is 5.31. The van der Waals surface area contributed by atoms with Crippen LogP contribution in [-0.4, -0.2) is 33.9 Å². The Kier molecular flexibility index (Phi) is 5.23. The molecule has 1 fully saturated rings. The minimum atomic E-state index is -4.41. The third kappa shape index (κ3) is 4.32. The molecule has 1 aliphatic heterocycles. The number of carbonyl (C=O) groups is 1. The van der Waals surface area contributed by atoms with Crippen LogP contribution in [0.2, 0.25) is 0 Å². The molecule has 10 heteroatoms. The summed E-state index contributed by atoms with van der Waals surface area (Å²) in [6.07, 6.45) is -2.38. The van der Waals surface area contributed by atoms with Crippen LogP contribution in [0.15, 0.2) is 41.3 Å². The lowest BCUT2D eigenvalue weighted by Crippen LogP contribution is -2.40. The van der Waals surface area contributed by atoms with Gasteiger partial charge in [-0.3, -0.25) is 4.79 Å². The molecule has 1 saturated heterocycles. The van der Waals surface area contributed by atoms with Crippen LogP contribution in [0.3, 0.4) is 0 Å². The van der Waals surface area contributed by atoms with Gasteiger partial charge in [-0.25, -0.2) is 9.78 Å². The lowest BCUT2D eigenvalue weighted by molar-refractivity contribution is -0.137. The molecule has 3 N–H and O–H groups in total. The largest absolute Gasteiger partial charge is 0.417 e. The number of fused-ring (bicyclic) bond motifs is 1. The summed E-state index contributed by atoms with van der Waals surface area (Å²) in [6.45, 7) is 1.45. The number of aromatic nitrogens is 3. The quantitative estimate of drug-likeness (QED) is 0.606. The van der Waals surface area contributed by atoms with E-state index in [0.717, 1.165) is 17.8 Å². The normalized spacial score (nSPS) is 15.5. The Morgan fingerprint density at radius 3 is 2.53 bits per heavy atom. The van der Waals surface area contributed by atoms with E-state index in [1.165, 1.54) is 6.07 Å². The van der Waals surface area contributed by atoms with E-state index in [1.807, 2.05) is 17.0 Å². The Labute approximate surface area is 169 Å². The molecule has 0 saturated carbocycles. The highest BCUT2D eigenvalue weighted by atomic mass is 19.4. The fourth-order valence-electron chi connectivity index (χ4n) is 3.63. The van der Waals surface area contributed by atoms with E-state index < -0.39 is 11.7 Å². The van der Waals surface area contributed by atoms with E-state index in [-0.39, 0.29) is 17.5 Å². The summed E-state index contributed by atoms with van der Waals surface area (Å²) in [5.74, 6) is 0.264. The van der Waals surface area contributed by atoms with Crippen molar-refractivity contribution in [3.63, 3.8) is 0 Å². The number of carbonyl (C=O) groups excluding carboxylic acids is 1. The highest BCUT2D eigenvalue weighted by molar-refractivity contribution is 5.79. The number of amides is 1. The molecule has 0 radical (unpaired) electrons. The second-order valence-corrected chi connectivity index (χ2v) is 7.34. The number of imidazole rings is 1. The lowest BCUT2D eigenvalue weighted by atomic mass is 9.95. The van der Waals surface area contributed by atoms with Crippen molar-refractivity contribution in [2.45, 2.75) is 25.6 Å². The van der Waals surface area contributed by atoms with Crippen LogP contribution in [-0.2, 0) is 17.5 Å². The Hall–Kier alpha value is -3.30. The molecule has 0 spiro atoms. The van der Waals surface area contributed by atoms with Crippen molar-refractivity contribution < 1.29 is 18.0 Å². The third-order valence-corrected chi connectivity index (χ3v) is 5.31. The summed E-state index contributed by atoms with van der Waals surface area (Å²) in [5.41, 5.74) is 1.21.